The number of fused-ring (bicyclic) bond motifs is 1. The highest BCUT2D eigenvalue weighted by Crippen LogP contribution is 2.34. The molecule has 2 amide bonds. The summed E-state index contributed by atoms with van der Waals surface area (Å²) in [6, 6.07) is 17.4. The SMILES string of the molecule is COc1cc(C=NNC(=O)C(=Cc2ccc3c(c2)OCO3)NC(=O)c2ccccc2)cc(I)c1OC. The molecule has 0 fully saturated rings. The fraction of sp³-hybridized carbons (Fsp3) is 0.115. The first-order chi connectivity index (χ1) is 17.5. The van der Waals surface area contributed by atoms with Crippen molar-refractivity contribution < 1.29 is 28.5 Å². The number of hydrazone groups is 1. The van der Waals surface area contributed by atoms with Crippen molar-refractivity contribution in [3.05, 3.63) is 86.6 Å². The van der Waals surface area contributed by atoms with E-state index in [4.69, 9.17) is 18.9 Å². The van der Waals surface area contributed by atoms with Crippen LogP contribution in [0.3, 0.4) is 0 Å². The largest absolute Gasteiger partial charge is 0.493 e. The van der Waals surface area contributed by atoms with E-state index in [1.807, 2.05) is 6.07 Å². The van der Waals surface area contributed by atoms with Gasteiger partial charge in [0.05, 0.1) is 24.0 Å². The Morgan fingerprint density at radius 2 is 1.75 bits per heavy atom. The number of carbonyl (C=O) groups is 2. The van der Waals surface area contributed by atoms with Crippen molar-refractivity contribution in [2.24, 2.45) is 5.10 Å². The Bertz CT molecular complexity index is 1340. The van der Waals surface area contributed by atoms with Gasteiger partial charge in [0.2, 0.25) is 6.79 Å². The highest BCUT2D eigenvalue weighted by molar-refractivity contribution is 14.1. The third kappa shape index (κ3) is 5.95. The third-order valence-electron chi connectivity index (χ3n) is 5.07. The van der Waals surface area contributed by atoms with Crippen LogP contribution in [-0.2, 0) is 4.79 Å². The molecule has 184 valence electrons. The Morgan fingerprint density at radius 3 is 2.50 bits per heavy atom. The average Bonchev–Trinajstić information content (AvgIpc) is 3.36. The first kappa shape index (κ1) is 25.0. The average molecular weight is 599 g/mol. The number of halogens is 1. The van der Waals surface area contributed by atoms with Gasteiger partial charge >= 0.3 is 0 Å². The topological polar surface area (TPSA) is 107 Å². The van der Waals surface area contributed by atoms with E-state index in [2.05, 4.69) is 38.4 Å². The van der Waals surface area contributed by atoms with E-state index in [1.165, 1.54) is 12.3 Å². The van der Waals surface area contributed by atoms with E-state index in [1.54, 1.807) is 68.8 Å². The maximum atomic E-state index is 13.0. The van der Waals surface area contributed by atoms with Crippen LogP contribution in [0.2, 0.25) is 0 Å². The highest BCUT2D eigenvalue weighted by Gasteiger charge is 2.17. The summed E-state index contributed by atoms with van der Waals surface area (Å²) in [5.74, 6) is 1.27. The number of nitrogens with zero attached hydrogens (tertiary/aromatic N) is 1. The molecule has 0 spiro atoms. The molecule has 4 rings (SSSR count). The van der Waals surface area contributed by atoms with Gasteiger partial charge in [-0.15, -0.1) is 0 Å². The smallest absolute Gasteiger partial charge is 0.287 e. The van der Waals surface area contributed by atoms with Gasteiger partial charge in [-0.1, -0.05) is 24.3 Å². The van der Waals surface area contributed by atoms with Crippen LogP contribution < -0.4 is 29.7 Å². The highest BCUT2D eigenvalue weighted by atomic mass is 127. The first-order valence-corrected chi connectivity index (χ1v) is 11.8. The lowest BCUT2D eigenvalue weighted by molar-refractivity contribution is -0.117. The van der Waals surface area contributed by atoms with Crippen LogP contribution in [0, 0.1) is 3.57 Å². The molecule has 0 saturated carbocycles. The molecule has 0 atom stereocenters. The van der Waals surface area contributed by atoms with Gasteiger partial charge in [-0.2, -0.15) is 5.10 Å². The molecule has 0 saturated heterocycles. The minimum atomic E-state index is -0.608. The van der Waals surface area contributed by atoms with E-state index in [0.717, 1.165) is 3.57 Å². The molecule has 9 nitrogen and oxygen atoms in total. The van der Waals surface area contributed by atoms with Gasteiger partial charge in [0, 0.05) is 5.56 Å². The summed E-state index contributed by atoms with van der Waals surface area (Å²) < 4.78 is 22.3. The number of amides is 2. The van der Waals surface area contributed by atoms with Crippen LogP contribution in [0.5, 0.6) is 23.0 Å². The number of ether oxygens (including phenoxy) is 4. The van der Waals surface area contributed by atoms with Crippen molar-refractivity contribution in [3.63, 3.8) is 0 Å². The van der Waals surface area contributed by atoms with Crippen molar-refractivity contribution in [2.75, 3.05) is 21.0 Å². The lowest BCUT2D eigenvalue weighted by atomic mass is 10.1. The lowest BCUT2D eigenvalue weighted by Crippen LogP contribution is -2.32. The summed E-state index contributed by atoms with van der Waals surface area (Å²) in [5, 5.41) is 6.72. The van der Waals surface area contributed by atoms with E-state index in [-0.39, 0.29) is 12.5 Å². The lowest BCUT2D eigenvalue weighted by Gasteiger charge is -2.11. The summed E-state index contributed by atoms with van der Waals surface area (Å²) in [4.78, 5) is 25.8. The van der Waals surface area contributed by atoms with Gasteiger partial charge in [0.1, 0.15) is 5.70 Å². The second-order valence-corrected chi connectivity index (χ2v) is 8.59. The maximum Gasteiger partial charge on any atom is 0.287 e. The summed E-state index contributed by atoms with van der Waals surface area (Å²) in [6.07, 6.45) is 3.01. The van der Waals surface area contributed by atoms with Crippen LogP contribution in [0.15, 0.2) is 71.5 Å². The quantitative estimate of drug-likeness (QED) is 0.176. The number of methoxy groups -OCH3 is 2. The molecule has 3 aromatic carbocycles. The Morgan fingerprint density at radius 1 is 0.972 bits per heavy atom. The zero-order valence-corrected chi connectivity index (χ0v) is 21.6. The number of hydrogen-bond donors (Lipinski definition) is 2. The van der Waals surface area contributed by atoms with Gasteiger partial charge < -0.3 is 24.3 Å². The van der Waals surface area contributed by atoms with Gasteiger partial charge in [-0.3, -0.25) is 9.59 Å². The predicted molar refractivity (Wildman–Crippen MR) is 142 cm³/mol. The monoisotopic (exact) mass is 599 g/mol. The minimum absolute atomic E-state index is 0.00163. The summed E-state index contributed by atoms with van der Waals surface area (Å²) >= 11 is 2.12. The summed E-state index contributed by atoms with van der Waals surface area (Å²) in [6.45, 7) is 0.129. The van der Waals surface area contributed by atoms with E-state index >= 15 is 0 Å². The number of rotatable bonds is 8. The molecule has 36 heavy (non-hydrogen) atoms. The fourth-order valence-corrected chi connectivity index (χ4v) is 4.20. The third-order valence-corrected chi connectivity index (χ3v) is 5.87. The number of hydrogen-bond acceptors (Lipinski definition) is 7. The Hall–Kier alpha value is -4.06. The molecule has 0 radical (unpaired) electrons. The molecule has 0 aromatic heterocycles. The number of benzene rings is 3. The molecular weight excluding hydrogens is 577 g/mol. The molecule has 0 unspecified atom stereocenters. The number of nitrogens with one attached hydrogen (secondary N) is 2. The maximum absolute atomic E-state index is 13.0. The Balaban J connectivity index is 1.56. The second kappa shape index (κ2) is 11.6. The molecule has 2 N–H and O–H groups in total. The van der Waals surface area contributed by atoms with Crippen LogP contribution in [-0.4, -0.2) is 39.0 Å². The van der Waals surface area contributed by atoms with Gasteiger partial charge in [-0.05, 0) is 76.2 Å². The first-order valence-electron chi connectivity index (χ1n) is 10.7. The second-order valence-electron chi connectivity index (χ2n) is 7.43. The van der Waals surface area contributed by atoms with Crippen molar-refractivity contribution in [3.8, 4) is 23.0 Å². The van der Waals surface area contributed by atoms with Gasteiger partial charge in [0.15, 0.2) is 23.0 Å². The Kier molecular flexibility index (Phi) is 8.06. The van der Waals surface area contributed by atoms with Crippen LogP contribution in [0.25, 0.3) is 6.08 Å². The van der Waals surface area contributed by atoms with Crippen molar-refractivity contribution >= 4 is 46.7 Å². The van der Waals surface area contributed by atoms with E-state index in [9.17, 15) is 9.59 Å². The van der Waals surface area contributed by atoms with E-state index in [0.29, 0.717) is 39.7 Å². The van der Waals surface area contributed by atoms with E-state index < -0.39 is 11.8 Å². The molecule has 0 aliphatic carbocycles. The summed E-state index contributed by atoms with van der Waals surface area (Å²) in [5.41, 5.74) is 4.19. The van der Waals surface area contributed by atoms with Crippen molar-refractivity contribution in [1.82, 2.24) is 10.7 Å². The molecule has 0 bridgehead atoms. The van der Waals surface area contributed by atoms with Crippen LogP contribution >= 0.6 is 22.6 Å². The zero-order chi connectivity index (χ0) is 25.5. The number of carbonyl (C=O) groups excluding carboxylic acids is 2. The normalized spacial score (nSPS) is 12.4. The zero-order valence-electron chi connectivity index (χ0n) is 19.4. The minimum Gasteiger partial charge on any atom is -0.493 e. The van der Waals surface area contributed by atoms with Gasteiger partial charge in [0.25, 0.3) is 11.8 Å². The standard InChI is InChI=1S/C26H22IN3O6/c1-33-23-13-17(10-19(27)24(23)34-2)14-28-30-26(32)20(29-25(31)18-6-4-3-5-7-18)11-16-8-9-21-22(12-16)36-15-35-21/h3-14H,15H2,1-2H3,(H,29,31)(H,30,32). The van der Waals surface area contributed by atoms with Gasteiger partial charge in [-0.25, -0.2) is 5.43 Å². The molecule has 1 heterocycles. The Labute approximate surface area is 221 Å². The van der Waals surface area contributed by atoms with Crippen LogP contribution in [0.1, 0.15) is 21.5 Å². The molecule has 10 heteroatoms. The molecule has 1 aliphatic rings. The summed E-state index contributed by atoms with van der Waals surface area (Å²) in [7, 11) is 3.10. The molecule has 3 aromatic rings. The fourth-order valence-electron chi connectivity index (χ4n) is 3.35. The van der Waals surface area contributed by atoms with Crippen molar-refractivity contribution in [2.45, 2.75) is 0 Å². The predicted octanol–water partition coefficient (Wildman–Crippen LogP) is 3.96. The van der Waals surface area contributed by atoms with Crippen LogP contribution in [0.4, 0.5) is 0 Å². The van der Waals surface area contributed by atoms with Crippen molar-refractivity contribution in [1.29, 1.82) is 0 Å². The molecule has 1 aliphatic heterocycles. The molecular formula is C26H22IN3O6.